The molecule has 1 aliphatic rings. The van der Waals surface area contributed by atoms with Gasteiger partial charge in [0, 0.05) is 12.2 Å². The smallest absolute Gasteiger partial charge is 0.0329 e. The lowest BCUT2D eigenvalue weighted by Crippen LogP contribution is -2.25. The van der Waals surface area contributed by atoms with Crippen LogP contribution < -0.4 is 5.32 Å². The highest BCUT2D eigenvalue weighted by Gasteiger charge is 2.16. The molecule has 0 saturated carbocycles. The molecule has 0 aliphatic heterocycles. The minimum atomic E-state index is 0.659. The Morgan fingerprint density at radius 2 is 1.83 bits per heavy atom. The van der Waals surface area contributed by atoms with Crippen LogP contribution in [0.3, 0.4) is 0 Å². The van der Waals surface area contributed by atoms with Gasteiger partial charge in [-0.3, -0.25) is 0 Å². The number of unbranched alkanes of at least 4 members (excludes halogenated alkanes) is 1. The summed E-state index contributed by atoms with van der Waals surface area (Å²) in [6.07, 6.45) is 10.1. The van der Waals surface area contributed by atoms with E-state index in [4.69, 9.17) is 0 Å². The van der Waals surface area contributed by atoms with Crippen LogP contribution in [0.4, 0.5) is 0 Å². The molecule has 3 unspecified atom stereocenters. The molecule has 1 aliphatic carbocycles. The molecule has 1 heteroatoms. The topological polar surface area (TPSA) is 12.0 Å². The predicted octanol–water partition coefficient (Wildman–Crippen LogP) is 4.91. The van der Waals surface area contributed by atoms with E-state index in [9.17, 15) is 0 Å². The van der Waals surface area contributed by atoms with Gasteiger partial charge in [-0.05, 0) is 36.7 Å². The fraction of sp³-hybridized carbons (Fsp3) is 0.765. The van der Waals surface area contributed by atoms with Gasteiger partial charge in [0.15, 0.2) is 0 Å². The van der Waals surface area contributed by atoms with Crippen LogP contribution in [-0.4, -0.2) is 6.54 Å². The van der Waals surface area contributed by atoms with Crippen LogP contribution in [0.2, 0.25) is 0 Å². The van der Waals surface area contributed by atoms with Crippen LogP contribution in [0.25, 0.3) is 0 Å². The minimum Gasteiger partial charge on any atom is -0.385 e. The van der Waals surface area contributed by atoms with Gasteiger partial charge >= 0.3 is 0 Å². The molecule has 104 valence electrons. The molecule has 1 rings (SSSR count). The highest BCUT2D eigenvalue weighted by molar-refractivity contribution is 5.32. The molecule has 0 spiro atoms. The zero-order valence-corrected chi connectivity index (χ0v) is 12.9. The maximum Gasteiger partial charge on any atom is 0.0329 e. The van der Waals surface area contributed by atoms with Gasteiger partial charge in [0.05, 0.1) is 0 Å². The molecule has 0 bridgehead atoms. The van der Waals surface area contributed by atoms with Gasteiger partial charge in [-0.1, -0.05) is 59.1 Å². The zero-order chi connectivity index (χ0) is 13.5. The number of allylic oxidation sites excluding steroid dienone is 3. The van der Waals surface area contributed by atoms with E-state index < -0.39 is 0 Å². The molecule has 0 radical (unpaired) electrons. The molecular weight excluding hydrogens is 218 g/mol. The van der Waals surface area contributed by atoms with E-state index >= 15 is 0 Å². The third-order valence-corrected chi connectivity index (χ3v) is 4.32. The van der Waals surface area contributed by atoms with E-state index in [1.165, 1.54) is 37.0 Å². The Balaban J connectivity index is 2.47. The van der Waals surface area contributed by atoms with Crippen molar-refractivity contribution >= 4 is 0 Å². The summed E-state index contributed by atoms with van der Waals surface area (Å²) in [6.45, 7) is 12.6. The van der Waals surface area contributed by atoms with E-state index in [1.807, 2.05) is 0 Å². The van der Waals surface area contributed by atoms with Crippen LogP contribution in [0, 0.1) is 17.8 Å². The second kappa shape index (κ2) is 7.66. The molecule has 0 aromatic carbocycles. The van der Waals surface area contributed by atoms with Crippen molar-refractivity contribution in [2.45, 2.75) is 60.3 Å². The van der Waals surface area contributed by atoms with Crippen molar-refractivity contribution in [2.75, 3.05) is 6.54 Å². The van der Waals surface area contributed by atoms with Gasteiger partial charge < -0.3 is 5.32 Å². The molecule has 1 N–H and O–H groups in total. The van der Waals surface area contributed by atoms with E-state index in [1.54, 1.807) is 0 Å². The minimum absolute atomic E-state index is 0.659. The quantitative estimate of drug-likeness (QED) is 0.676. The molecule has 0 amide bonds. The Hall–Kier alpha value is -0.720. The number of rotatable bonds is 7. The van der Waals surface area contributed by atoms with Crippen LogP contribution >= 0.6 is 0 Å². The van der Waals surface area contributed by atoms with Crippen molar-refractivity contribution in [3.63, 3.8) is 0 Å². The third kappa shape index (κ3) is 4.51. The summed E-state index contributed by atoms with van der Waals surface area (Å²) in [5.74, 6) is 2.16. The molecule has 0 aromatic heterocycles. The first-order chi connectivity index (χ1) is 8.58. The summed E-state index contributed by atoms with van der Waals surface area (Å²) in [4.78, 5) is 0. The third-order valence-electron chi connectivity index (χ3n) is 4.32. The van der Waals surface area contributed by atoms with Crippen molar-refractivity contribution in [1.29, 1.82) is 0 Å². The summed E-state index contributed by atoms with van der Waals surface area (Å²) in [5, 5.41) is 3.68. The molecule has 1 nitrogen and oxygen atoms in total. The Morgan fingerprint density at radius 1 is 1.17 bits per heavy atom. The van der Waals surface area contributed by atoms with Gasteiger partial charge in [-0.25, -0.2) is 0 Å². The molecular formula is C17H31N. The standard InChI is InChI=1S/C17H31N/c1-6-8-9-16(7-2)12-18-17-11-14(4)13(3)10-15(17)5/h10-11,13-14,16,18H,6-9,12H2,1-5H3. The van der Waals surface area contributed by atoms with E-state index in [-0.39, 0.29) is 0 Å². The average Bonchev–Trinajstić information content (AvgIpc) is 2.35. The van der Waals surface area contributed by atoms with Crippen LogP contribution in [0.1, 0.15) is 60.3 Å². The Labute approximate surface area is 114 Å². The summed E-state index contributed by atoms with van der Waals surface area (Å²) in [5.41, 5.74) is 2.79. The molecule has 0 heterocycles. The lowest BCUT2D eigenvalue weighted by Gasteiger charge is -2.25. The zero-order valence-electron chi connectivity index (χ0n) is 12.9. The lowest BCUT2D eigenvalue weighted by molar-refractivity contribution is 0.433. The molecule has 3 atom stereocenters. The first-order valence-corrected chi connectivity index (χ1v) is 7.72. The van der Waals surface area contributed by atoms with Gasteiger partial charge in [-0.15, -0.1) is 0 Å². The van der Waals surface area contributed by atoms with E-state index in [2.05, 4.69) is 52.1 Å². The lowest BCUT2D eigenvalue weighted by atomic mass is 9.87. The fourth-order valence-electron chi connectivity index (χ4n) is 2.58. The summed E-state index contributed by atoms with van der Waals surface area (Å²) in [6, 6.07) is 0. The molecule has 0 fully saturated rings. The summed E-state index contributed by atoms with van der Waals surface area (Å²) >= 11 is 0. The van der Waals surface area contributed by atoms with Crippen LogP contribution in [-0.2, 0) is 0 Å². The number of hydrogen-bond donors (Lipinski definition) is 1. The summed E-state index contributed by atoms with van der Waals surface area (Å²) in [7, 11) is 0. The van der Waals surface area contributed by atoms with Crippen LogP contribution in [0.5, 0.6) is 0 Å². The normalized spacial score (nSPS) is 25.4. The van der Waals surface area contributed by atoms with Gasteiger partial charge in [-0.2, -0.15) is 0 Å². The fourth-order valence-corrected chi connectivity index (χ4v) is 2.58. The molecule has 0 aromatic rings. The maximum atomic E-state index is 3.68. The van der Waals surface area contributed by atoms with Gasteiger partial charge in [0.2, 0.25) is 0 Å². The van der Waals surface area contributed by atoms with Crippen LogP contribution in [0.15, 0.2) is 23.4 Å². The Morgan fingerprint density at radius 3 is 2.44 bits per heavy atom. The average molecular weight is 249 g/mol. The number of nitrogens with one attached hydrogen (secondary N) is 1. The van der Waals surface area contributed by atoms with Crippen molar-refractivity contribution < 1.29 is 0 Å². The van der Waals surface area contributed by atoms with E-state index in [0.717, 1.165) is 12.5 Å². The van der Waals surface area contributed by atoms with Gasteiger partial charge in [0.25, 0.3) is 0 Å². The van der Waals surface area contributed by atoms with Crippen molar-refractivity contribution in [1.82, 2.24) is 5.32 Å². The molecule has 18 heavy (non-hydrogen) atoms. The largest absolute Gasteiger partial charge is 0.385 e. The summed E-state index contributed by atoms with van der Waals surface area (Å²) < 4.78 is 0. The SMILES string of the molecule is CCCCC(CC)CNC1=CC(C)C(C)C=C1C. The maximum absolute atomic E-state index is 3.68. The van der Waals surface area contributed by atoms with Crippen molar-refractivity contribution in [3.05, 3.63) is 23.4 Å². The number of hydrogen-bond acceptors (Lipinski definition) is 1. The second-order valence-electron chi connectivity index (χ2n) is 5.95. The van der Waals surface area contributed by atoms with E-state index in [0.29, 0.717) is 11.8 Å². The Kier molecular flexibility index (Phi) is 6.52. The first kappa shape index (κ1) is 15.3. The van der Waals surface area contributed by atoms with Crippen molar-refractivity contribution in [2.24, 2.45) is 17.8 Å². The highest BCUT2D eigenvalue weighted by atomic mass is 14.9. The first-order valence-electron chi connectivity index (χ1n) is 7.72. The monoisotopic (exact) mass is 249 g/mol. The predicted molar refractivity (Wildman–Crippen MR) is 81.5 cm³/mol. The second-order valence-corrected chi connectivity index (χ2v) is 5.95. The van der Waals surface area contributed by atoms with Gasteiger partial charge in [0.1, 0.15) is 0 Å². The Bertz CT molecular complexity index is 301. The van der Waals surface area contributed by atoms with Crippen molar-refractivity contribution in [3.8, 4) is 0 Å². The highest BCUT2D eigenvalue weighted by Crippen LogP contribution is 2.26. The molecule has 0 saturated heterocycles.